The van der Waals surface area contributed by atoms with Crippen molar-refractivity contribution in [3.05, 3.63) is 52.3 Å². The van der Waals surface area contributed by atoms with Crippen molar-refractivity contribution in [1.82, 2.24) is 10.2 Å². The number of hydrogen-bond donors (Lipinski definition) is 1. The highest BCUT2D eigenvalue weighted by atomic mass is 79.9. The molecule has 0 unspecified atom stereocenters. The Morgan fingerprint density at radius 3 is 2.55 bits per heavy atom. The SMILES string of the molecule is O=C(Nc1cc(C(F)(F)F)ccc1Br)c1ccnnc1. The lowest BCUT2D eigenvalue weighted by Crippen LogP contribution is -2.14. The van der Waals surface area contributed by atoms with Gasteiger partial charge in [-0.2, -0.15) is 23.4 Å². The zero-order chi connectivity index (χ0) is 14.8. The summed E-state index contributed by atoms with van der Waals surface area (Å²) >= 11 is 3.09. The van der Waals surface area contributed by atoms with E-state index in [1.54, 1.807) is 0 Å². The second kappa shape index (κ2) is 5.58. The average Bonchev–Trinajstić information content (AvgIpc) is 2.41. The molecule has 0 aliphatic carbocycles. The first-order valence-corrected chi connectivity index (χ1v) is 6.12. The molecule has 2 aromatic rings. The zero-order valence-electron chi connectivity index (χ0n) is 9.78. The van der Waals surface area contributed by atoms with E-state index in [4.69, 9.17) is 0 Å². The summed E-state index contributed by atoms with van der Waals surface area (Å²) in [7, 11) is 0. The summed E-state index contributed by atoms with van der Waals surface area (Å²) in [6, 6.07) is 4.41. The molecule has 0 aliphatic heterocycles. The zero-order valence-corrected chi connectivity index (χ0v) is 11.4. The fourth-order valence-electron chi connectivity index (χ4n) is 1.42. The Kier molecular flexibility index (Phi) is 4.03. The van der Waals surface area contributed by atoms with Crippen molar-refractivity contribution in [3.8, 4) is 0 Å². The van der Waals surface area contributed by atoms with Gasteiger partial charge < -0.3 is 5.32 Å². The van der Waals surface area contributed by atoms with E-state index in [9.17, 15) is 18.0 Å². The number of anilines is 1. The first kappa shape index (κ1) is 14.4. The lowest BCUT2D eigenvalue weighted by molar-refractivity contribution is -0.137. The Labute approximate surface area is 120 Å². The maximum Gasteiger partial charge on any atom is 0.416 e. The Hall–Kier alpha value is -1.96. The van der Waals surface area contributed by atoms with Crippen molar-refractivity contribution in [2.24, 2.45) is 0 Å². The summed E-state index contributed by atoms with van der Waals surface area (Å²) in [5.41, 5.74) is -0.616. The van der Waals surface area contributed by atoms with E-state index < -0.39 is 17.6 Å². The molecule has 8 heteroatoms. The second-order valence-electron chi connectivity index (χ2n) is 3.78. The summed E-state index contributed by atoms with van der Waals surface area (Å²) in [4.78, 5) is 11.8. The van der Waals surface area contributed by atoms with Crippen LogP contribution in [0.25, 0.3) is 0 Å². The third-order valence-electron chi connectivity index (χ3n) is 2.39. The van der Waals surface area contributed by atoms with Gasteiger partial charge in [0.05, 0.1) is 29.2 Å². The van der Waals surface area contributed by atoms with E-state index in [1.807, 2.05) is 0 Å². The van der Waals surface area contributed by atoms with E-state index in [0.29, 0.717) is 4.47 Å². The highest BCUT2D eigenvalue weighted by molar-refractivity contribution is 9.10. The largest absolute Gasteiger partial charge is 0.416 e. The van der Waals surface area contributed by atoms with Gasteiger partial charge in [0.15, 0.2) is 0 Å². The van der Waals surface area contributed by atoms with E-state index in [0.717, 1.165) is 12.1 Å². The number of aromatic nitrogens is 2. The monoisotopic (exact) mass is 345 g/mol. The number of carbonyl (C=O) groups is 1. The van der Waals surface area contributed by atoms with Gasteiger partial charge in [-0.3, -0.25) is 4.79 Å². The maximum atomic E-state index is 12.6. The maximum absolute atomic E-state index is 12.6. The minimum atomic E-state index is -4.47. The van der Waals surface area contributed by atoms with Gasteiger partial charge in [-0.15, -0.1) is 0 Å². The molecule has 1 amide bonds. The molecule has 4 nitrogen and oxygen atoms in total. The van der Waals surface area contributed by atoms with Crippen molar-refractivity contribution in [2.45, 2.75) is 6.18 Å². The lowest BCUT2D eigenvalue weighted by atomic mass is 10.2. The summed E-state index contributed by atoms with van der Waals surface area (Å²) in [5, 5.41) is 9.42. The Bertz CT molecular complexity index is 632. The number of nitrogens with one attached hydrogen (secondary N) is 1. The summed E-state index contributed by atoms with van der Waals surface area (Å²) in [6.45, 7) is 0. The van der Waals surface area contributed by atoms with Crippen LogP contribution in [0.3, 0.4) is 0 Å². The van der Waals surface area contributed by atoms with Gasteiger partial charge >= 0.3 is 6.18 Å². The number of rotatable bonds is 2. The first-order chi connectivity index (χ1) is 9.38. The molecule has 0 radical (unpaired) electrons. The van der Waals surface area contributed by atoms with Gasteiger partial charge in [-0.25, -0.2) is 0 Å². The molecule has 0 aliphatic rings. The average molecular weight is 346 g/mol. The van der Waals surface area contributed by atoms with Crippen LogP contribution in [-0.2, 0) is 6.18 Å². The van der Waals surface area contributed by atoms with E-state index in [2.05, 4.69) is 31.4 Å². The fourth-order valence-corrected chi connectivity index (χ4v) is 1.76. The van der Waals surface area contributed by atoms with E-state index >= 15 is 0 Å². The third kappa shape index (κ3) is 3.32. The normalized spacial score (nSPS) is 11.2. The number of halogens is 4. The van der Waals surface area contributed by atoms with Crippen molar-refractivity contribution >= 4 is 27.5 Å². The van der Waals surface area contributed by atoms with E-state index in [1.165, 1.54) is 24.5 Å². The molecule has 1 N–H and O–H groups in total. The highest BCUT2D eigenvalue weighted by Crippen LogP contribution is 2.34. The van der Waals surface area contributed by atoms with Crippen molar-refractivity contribution < 1.29 is 18.0 Å². The number of hydrogen-bond acceptors (Lipinski definition) is 3. The smallest absolute Gasteiger partial charge is 0.321 e. The first-order valence-electron chi connectivity index (χ1n) is 5.33. The van der Waals surface area contributed by atoms with E-state index in [-0.39, 0.29) is 11.3 Å². The summed E-state index contributed by atoms with van der Waals surface area (Å²) in [6.07, 6.45) is -1.94. The molecule has 0 atom stereocenters. The molecule has 1 aromatic carbocycles. The highest BCUT2D eigenvalue weighted by Gasteiger charge is 2.31. The number of carbonyl (C=O) groups excluding carboxylic acids is 1. The molecule has 0 bridgehead atoms. The molecule has 1 aromatic heterocycles. The Balaban J connectivity index is 2.27. The Morgan fingerprint density at radius 1 is 1.20 bits per heavy atom. The molecule has 2 rings (SSSR count). The van der Waals surface area contributed by atoms with Crippen LogP contribution in [0.15, 0.2) is 41.1 Å². The van der Waals surface area contributed by atoms with Crippen LogP contribution in [0.1, 0.15) is 15.9 Å². The predicted molar refractivity (Wildman–Crippen MR) is 69.1 cm³/mol. The van der Waals surface area contributed by atoms with Gasteiger partial charge in [0.1, 0.15) is 0 Å². The van der Waals surface area contributed by atoms with Crippen LogP contribution in [0, 0.1) is 0 Å². The van der Waals surface area contributed by atoms with Crippen LogP contribution in [0.2, 0.25) is 0 Å². The number of benzene rings is 1. The van der Waals surface area contributed by atoms with Gasteiger partial charge in [-0.05, 0) is 40.2 Å². The van der Waals surface area contributed by atoms with Crippen LogP contribution in [0.4, 0.5) is 18.9 Å². The number of alkyl halides is 3. The van der Waals surface area contributed by atoms with Crippen LogP contribution in [0.5, 0.6) is 0 Å². The van der Waals surface area contributed by atoms with Crippen molar-refractivity contribution in [1.29, 1.82) is 0 Å². The molecule has 0 spiro atoms. The van der Waals surface area contributed by atoms with Gasteiger partial charge in [0, 0.05) is 4.47 Å². The lowest BCUT2D eigenvalue weighted by Gasteiger charge is -2.11. The van der Waals surface area contributed by atoms with Crippen molar-refractivity contribution in [2.75, 3.05) is 5.32 Å². The van der Waals surface area contributed by atoms with Crippen molar-refractivity contribution in [3.63, 3.8) is 0 Å². The predicted octanol–water partition coefficient (Wildman–Crippen LogP) is 3.51. The summed E-state index contributed by atoms with van der Waals surface area (Å²) in [5.74, 6) is -0.570. The Morgan fingerprint density at radius 2 is 1.95 bits per heavy atom. The molecule has 1 heterocycles. The summed E-state index contributed by atoms with van der Waals surface area (Å²) < 4.78 is 38.2. The molecule has 0 saturated heterocycles. The molecule has 0 saturated carbocycles. The van der Waals surface area contributed by atoms with Gasteiger partial charge in [0.2, 0.25) is 0 Å². The quantitative estimate of drug-likeness (QED) is 0.906. The minimum Gasteiger partial charge on any atom is -0.321 e. The van der Waals surface area contributed by atoms with Crippen LogP contribution in [-0.4, -0.2) is 16.1 Å². The molecular weight excluding hydrogens is 339 g/mol. The second-order valence-corrected chi connectivity index (χ2v) is 4.63. The standard InChI is InChI=1S/C12H7BrF3N3O/c13-9-2-1-8(12(14,15)16)5-10(9)19-11(20)7-3-4-17-18-6-7/h1-6H,(H,19,20). The van der Waals surface area contributed by atoms with Crippen LogP contribution < -0.4 is 5.32 Å². The number of amides is 1. The topological polar surface area (TPSA) is 54.9 Å². The molecular formula is C12H7BrF3N3O. The molecule has 20 heavy (non-hydrogen) atoms. The van der Waals surface area contributed by atoms with Crippen LogP contribution >= 0.6 is 15.9 Å². The minimum absolute atomic E-state index is 0.0293. The number of nitrogens with zero attached hydrogens (tertiary/aromatic N) is 2. The molecule has 104 valence electrons. The third-order valence-corrected chi connectivity index (χ3v) is 3.08. The molecule has 0 fully saturated rings. The fraction of sp³-hybridized carbons (Fsp3) is 0.0833. The van der Waals surface area contributed by atoms with Gasteiger partial charge in [-0.1, -0.05) is 0 Å². The van der Waals surface area contributed by atoms with Gasteiger partial charge in [0.25, 0.3) is 5.91 Å².